The highest BCUT2D eigenvalue weighted by molar-refractivity contribution is 7.80. The fourth-order valence-corrected chi connectivity index (χ4v) is 3.73. The molecule has 0 unspecified atom stereocenters. The van der Waals surface area contributed by atoms with E-state index in [1.165, 1.54) is 6.42 Å². The Kier molecular flexibility index (Phi) is 6.45. The van der Waals surface area contributed by atoms with Gasteiger partial charge in [0.1, 0.15) is 11.4 Å². The van der Waals surface area contributed by atoms with Gasteiger partial charge < -0.3 is 14.8 Å². The first kappa shape index (κ1) is 19.4. The summed E-state index contributed by atoms with van der Waals surface area (Å²) in [6.07, 6.45) is 7.31. The predicted octanol–water partition coefficient (Wildman–Crippen LogP) is 3.02. The summed E-state index contributed by atoms with van der Waals surface area (Å²) in [7, 11) is 0. The smallest absolute Gasteiger partial charge is 0.344 e. The number of benzene rings is 1. The first-order valence-electron chi connectivity index (χ1n) is 9.33. The minimum atomic E-state index is -0.402. The Morgan fingerprint density at radius 2 is 1.96 bits per heavy atom. The molecule has 2 aliphatic rings. The molecule has 1 heterocycles. The lowest BCUT2D eigenvalue weighted by atomic mass is 9.94. The van der Waals surface area contributed by atoms with Crippen LogP contribution in [0.25, 0.3) is 6.08 Å². The second-order valence-electron chi connectivity index (χ2n) is 6.62. The van der Waals surface area contributed by atoms with E-state index in [4.69, 9.17) is 21.7 Å². The molecule has 0 aromatic heterocycles. The van der Waals surface area contributed by atoms with Crippen LogP contribution in [0.1, 0.15) is 44.6 Å². The summed E-state index contributed by atoms with van der Waals surface area (Å²) in [5.41, 5.74) is 1.34. The van der Waals surface area contributed by atoms with Crippen LogP contribution in [0.15, 0.2) is 30.0 Å². The van der Waals surface area contributed by atoms with Crippen molar-refractivity contribution in [1.29, 1.82) is 0 Å². The number of nitrogens with zero attached hydrogens (tertiary/aromatic N) is 1. The summed E-state index contributed by atoms with van der Waals surface area (Å²) < 4.78 is 10.2. The molecule has 0 radical (unpaired) electrons. The highest BCUT2D eigenvalue weighted by Gasteiger charge is 2.36. The molecule has 1 aromatic carbocycles. The molecule has 1 aliphatic heterocycles. The van der Waals surface area contributed by atoms with E-state index >= 15 is 0 Å². The molecule has 1 aliphatic carbocycles. The first-order valence-corrected chi connectivity index (χ1v) is 9.74. The lowest BCUT2D eigenvalue weighted by molar-refractivity contribution is -0.145. The fourth-order valence-electron chi connectivity index (χ4n) is 3.39. The minimum absolute atomic E-state index is 0.0606. The predicted molar refractivity (Wildman–Crippen MR) is 106 cm³/mol. The Bertz CT molecular complexity index is 739. The van der Waals surface area contributed by atoms with Gasteiger partial charge in [0, 0.05) is 6.04 Å². The van der Waals surface area contributed by atoms with Crippen LogP contribution in [0.3, 0.4) is 0 Å². The Morgan fingerprint density at radius 1 is 1.26 bits per heavy atom. The average molecular weight is 388 g/mol. The van der Waals surface area contributed by atoms with Gasteiger partial charge in [-0.2, -0.15) is 0 Å². The third-order valence-corrected chi connectivity index (χ3v) is 5.00. The van der Waals surface area contributed by atoms with Crippen molar-refractivity contribution in [3.63, 3.8) is 0 Å². The number of esters is 1. The number of rotatable bonds is 6. The third-order valence-electron chi connectivity index (χ3n) is 4.70. The van der Waals surface area contributed by atoms with Crippen LogP contribution >= 0.6 is 12.2 Å². The second kappa shape index (κ2) is 8.99. The molecule has 27 heavy (non-hydrogen) atoms. The normalized spacial score (nSPS) is 19.3. The maximum absolute atomic E-state index is 12.8. The summed E-state index contributed by atoms with van der Waals surface area (Å²) in [4.78, 5) is 25.8. The number of ether oxygens (including phenoxy) is 2. The van der Waals surface area contributed by atoms with E-state index in [0.717, 1.165) is 31.2 Å². The zero-order valence-corrected chi connectivity index (χ0v) is 16.2. The van der Waals surface area contributed by atoms with Crippen molar-refractivity contribution < 1.29 is 19.1 Å². The Morgan fingerprint density at radius 3 is 2.63 bits per heavy atom. The molecule has 2 fully saturated rings. The highest BCUT2D eigenvalue weighted by Crippen LogP contribution is 2.27. The van der Waals surface area contributed by atoms with Gasteiger partial charge in [0.2, 0.25) is 0 Å². The van der Waals surface area contributed by atoms with Crippen LogP contribution in [0.4, 0.5) is 0 Å². The molecule has 1 amide bonds. The van der Waals surface area contributed by atoms with Gasteiger partial charge in [0.15, 0.2) is 11.7 Å². The van der Waals surface area contributed by atoms with Gasteiger partial charge in [-0.1, -0.05) is 31.4 Å². The summed E-state index contributed by atoms with van der Waals surface area (Å²) in [6.45, 7) is 1.95. The molecule has 1 aromatic rings. The number of thiocarbonyl (C=S) groups is 1. The van der Waals surface area contributed by atoms with Gasteiger partial charge >= 0.3 is 5.97 Å². The second-order valence-corrected chi connectivity index (χ2v) is 7.00. The molecule has 1 N–H and O–H groups in total. The summed E-state index contributed by atoms with van der Waals surface area (Å²) in [5, 5.41) is 3.54. The van der Waals surface area contributed by atoms with Crippen LogP contribution in [-0.4, -0.2) is 41.1 Å². The van der Waals surface area contributed by atoms with Gasteiger partial charge in [0.05, 0.1) is 6.61 Å². The topological polar surface area (TPSA) is 67.9 Å². The number of carbonyl (C=O) groups excluding carboxylic acids is 2. The van der Waals surface area contributed by atoms with Crippen LogP contribution in [0, 0.1) is 0 Å². The van der Waals surface area contributed by atoms with Crippen LogP contribution < -0.4 is 10.1 Å². The summed E-state index contributed by atoms with van der Waals surface area (Å²) in [6, 6.07) is 7.37. The average Bonchev–Trinajstić information content (AvgIpc) is 2.95. The van der Waals surface area contributed by atoms with E-state index < -0.39 is 5.97 Å². The molecule has 3 rings (SSSR count). The van der Waals surface area contributed by atoms with Gasteiger partial charge in [0.25, 0.3) is 5.91 Å². The number of nitrogens with one attached hydrogen (secondary N) is 1. The van der Waals surface area contributed by atoms with E-state index in [9.17, 15) is 9.59 Å². The van der Waals surface area contributed by atoms with Crippen LogP contribution in [-0.2, 0) is 14.3 Å². The SMILES string of the molecule is CCOC(=O)COc1ccc(/C=C2\NC(=S)N(C3CCCCC3)C2=O)cc1. The van der Waals surface area contributed by atoms with Crippen molar-refractivity contribution >= 4 is 35.3 Å². The van der Waals surface area contributed by atoms with E-state index in [1.807, 2.05) is 12.1 Å². The molecular weight excluding hydrogens is 364 g/mol. The van der Waals surface area contributed by atoms with E-state index in [0.29, 0.717) is 23.2 Å². The quantitative estimate of drug-likeness (QED) is 0.459. The largest absolute Gasteiger partial charge is 0.482 e. The standard InChI is InChI=1S/C20H24N2O4S/c1-2-25-18(23)13-26-16-10-8-14(9-11-16)12-17-19(24)22(20(27)21-17)15-6-4-3-5-7-15/h8-12,15H,2-7,13H2,1H3,(H,21,27)/b17-12-. The van der Waals surface area contributed by atoms with Crippen molar-refractivity contribution in [3.8, 4) is 5.75 Å². The van der Waals surface area contributed by atoms with Crippen molar-refractivity contribution in [2.24, 2.45) is 0 Å². The maximum atomic E-state index is 12.8. The number of amides is 1. The van der Waals surface area contributed by atoms with Crippen molar-refractivity contribution in [3.05, 3.63) is 35.5 Å². The van der Waals surface area contributed by atoms with Gasteiger partial charge in [-0.3, -0.25) is 9.69 Å². The van der Waals surface area contributed by atoms with Gasteiger partial charge in [-0.05, 0) is 55.8 Å². The molecule has 0 bridgehead atoms. The molecule has 144 valence electrons. The lowest BCUT2D eigenvalue weighted by Crippen LogP contribution is -2.41. The minimum Gasteiger partial charge on any atom is -0.482 e. The zero-order chi connectivity index (χ0) is 19.2. The fraction of sp³-hybridized carbons (Fsp3) is 0.450. The first-order chi connectivity index (χ1) is 13.1. The van der Waals surface area contributed by atoms with Gasteiger partial charge in [-0.25, -0.2) is 4.79 Å². The van der Waals surface area contributed by atoms with Crippen molar-refractivity contribution in [1.82, 2.24) is 10.2 Å². The number of hydrogen-bond donors (Lipinski definition) is 1. The number of carbonyl (C=O) groups is 2. The zero-order valence-electron chi connectivity index (χ0n) is 15.4. The van der Waals surface area contributed by atoms with Crippen molar-refractivity contribution in [2.45, 2.75) is 45.1 Å². The molecule has 1 saturated carbocycles. The molecule has 0 atom stereocenters. The molecular formula is C20H24N2O4S. The molecule has 6 nitrogen and oxygen atoms in total. The maximum Gasteiger partial charge on any atom is 0.344 e. The summed E-state index contributed by atoms with van der Waals surface area (Å²) in [5.74, 6) is 0.102. The number of hydrogen-bond acceptors (Lipinski definition) is 5. The summed E-state index contributed by atoms with van der Waals surface area (Å²) >= 11 is 5.38. The Hall–Kier alpha value is -2.41. The van der Waals surface area contributed by atoms with E-state index in [-0.39, 0.29) is 18.6 Å². The van der Waals surface area contributed by atoms with E-state index in [1.54, 1.807) is 30.0 Å². The van der Waals surface area contributed by atoms with Crippen LogP contribution in [0.2, 0.25) is 0 Å². The lowest BCUT2D eigenvalue weighted by Gasteiger charge is -2.29. The van der Waals surface area contributed by atoms with Gasteiger partial charge in [-0.15, -0.1) is 0 Å². The van der Waals surface area contributed by atoms with Crippen LogP contribution in [0.5, 0.6) is 5.75 Å². The molecule has 1 saturated heterocycles. The molecule has 0 spiro atoms. The Labute approximate surface area is 164 Å². The highest BCUT2D eigenvalue weighted by atomic mass is 32.1. The monoisotopic (exact) mass is 388 g/mol. The van der Waals surface area contributed by atoms with Crippen molar-refractivity contribution in [2.75, 3.05) is 13.2 Å². The molecule has 7 heteroatoms. The van der Waals surface area contributed by atoms with E-state index in [2.05, 4.69) is 5.32 Å². The Balaban J connectivity index is 1.63. The third kappa shape index (κ3) is 4.86.